The summed E-state index contributed by atoms with van der Waals surface area (Å²) in [6.07, 6.45) is 7.74. The molecule has 0 N–H and O–H groups in total. The molecule has 1 atom stereocenters. The van der Waals surface area contributed by atoms with Crippen molar-refractivity contribution in [3.05, 3.63) is 24.2 Å². The van der Waals surface area contributed by atoms with Gasteiger partial charge in [-0.2, -0.15) is 9.29 Å². The van der Waals surface area contributed by atoms with Crippen LogP contribution < -0.4 is 0 Å². The lowest BCUT2D eigenvalue weighted by atomic mass is 10.00. The molecule has 9 nitrogen and oxygen atoms in total. The molecule has 1 unspecified atom stereocenters. The van der Waals surface area contributed by atoms with Crippen LogP contribution in [0.1, 0.15) is 43.3 Å². The molecule has 0 aromatic carbocycles. The van der Waals surface area contributed by atoms with Gasteiger partial charge in [0.25, 0.3) is 10.0 Å². The van der Waals surface area contributed by atoms with Crippen molar-refractivity contribution >= 4 is 10.0 Å². The first-order valence-corrected chi connectivity index (χ1v) is 10.8. The summed E-state index contributed by atoms with van der Waals surface area (Å²) in [6.45, 7) is 2.21. The third kappa shape index (κ3) is 4.39. The zero-order chi connectivity index (χ0) is 18.9. The monoisotopic (exact) mass is 395 g/mol. The van der Waals surface area contributed by atoms with E-state index in [0.29, 0.717) is 37.8 Å². The van der Waals surface area contributed by atoms with E-state index in [2.05, 4.69) is 15.1 Å². The second-order valence-electron chi connectivity index (χ2n) is 7.40. The molecule has 0 spiro atoms. The largest absolute Gasteiger partial charge is 0.381 e. The van der Waals surface area contributed by atoms with Gasteiger partial charge in [-0.05, 0) is 31.6 Å². The van der Waals surface area contributed by atoms with Crippen LogP contribution in [0.5, 0.6) is 0 Å². The first kappa shape index (κ1) is 18.6. The maximum Gasteiger partial charge on any atom is 0.262 e. The molecule has 0 amide bonds. The number of sulfonamides is 1. The Morgan fingerprint density at radius 3 is 2.93 bits per heavy atom. The van der Waals surface area contributed by atoms with Crippen molar-refractivity contribution in [3.8, 4) is 0 Å². The van der Waals surface area contributed by atoms with E-state index >= 15 is 0 Å². The topological polar surface area (TPSA) is 103 Å². The number of imidazole rings is 1. The molecule has 0 radical (unpaired) electrons. The van der Waals surface area contributed by atoms with Crippen molar-refractivity contribution in [2.45, 2.75) is 43.0 Å². The predicted molar refractivity (Wildman–Crippen MR) is 95.5 cm³/mol. The molecule has 4 rings (SSSR count). The standard InChI is InChI=1S/C17H25N5O4S/c1-21-10-16(18-12-21)27(23,24)22-7-2-3-14(9-22)17-19-15(20-26-17)6-8-25-11-13-4-5-13/h10,12-14H,2-9,11H2,1H3. The maximum atomic E-state index is 12.8. The summed E-state index contributed by atoms with van der Waals surface area (Å²) in [5.74, 6) is 1.77. The van der Waals surface area contributed by atoms with Gasteiger partial charge in [0.2, 0.25) is 5.89 Å². The first-order valence-electron chi connectivity index (χ1n) is 9.40. The average Bonchev–Trinajstić information content (AvgIpc) is 3.18. The minimum atomic E-state index is -3.60. The van der Waals surface area contributed by atoms with E-state index in [1.165, 1.54) is 29.7 Å². The van der Waals surface area contributed by atoms with Crippen molar-refractivity contribution in [2.75, 3.05) is 26.3 Å². The van der Waals surface area contributed by atoms with E-state index < -0.39 is 10.0 Å². The van der Waals surface area contributed by atoms with Crippen LogP contribution in [-0.4, -0.2) is 58.7 Å². The highest BCUT2D eigenvalue weighted by atomic mass is 32.2. The molecule has 27 heavy (non-hydrogen) atoms. The smallest absolute Gasteiger partial charge is 0.262 e. The van der Waals surface area contributed by atoms with Gasteiger partial charge in [0, 0.05) is 39.4 Å². The highest BCUT2D eigenvalue weighted by Crippen LogP contribution is 2.30. The fourth-order valence-corrected chi connectivity index (χ4v) is 4.74. The van der Waals surface area contributed by atoms with Gasteiger partial charge in [0.15, 0.2) is 10.9 Å². The molecule has 2 aromatic heterocycles. The second-order valence-corrected chi connectivity index (χ2v) is 9.28. The molecule has 148 valence electrons. The highest BCUT2D eigenvalue weighted by molar-refractivity contribution is 7.89. The van der Waals surface area contributed by atoms with Crippen LogP contribution in [0.4, 0.5) is 0 Å². The number of ether oxygens (including phenoxy) is 1. The summed E-state index contributed by atoms with van der Waals surface area (Å²) in [7, 11) is -1.85. The van der Waals surface area contributed by atoms with Crippen molar-refractivity contribution < 1.29 is 17.7 Å². The average molecular weight is 395 g/mol. The Morgan fingerprint density at radius 2 is 2.19 bits per heavy atom. The molecular formula is C17H25N5O4S. The fourth-order valence-electron chi connectivity index (χ4n) is 3.25. The van der Waals surface area contributed by atoms with Gasteiger partial charge in [-0.3, -0.25) is 0 Å². The Bertz CT molecular complexity index is 874. The normalized spacial score (nSPS) is 21.6. The van der Waals surface area contributed by atoms with Crippen LogP contribution in [0.3, 0.4) is 0 Å². The van der Waals surface area contributed by atoms with Gasteiger partial charge in [0.05, 0.1) is 18.9 Å². The van der Waals surface area contributed by atoms with Crippen LogP contribution >= 0.6 is 0 Å². The Hall–Kier alpha value is -1.78. The van der Waals surface area contributed by atoms with E-state index in [1.54, 1.807) is 11.6 Å². The van der Waals surface area contributed by atoms with E-state index in [9.17, 15) is 8.42 Å². The molecule has 10 heteroatoms. The van der Waals surface area contributed by atoms with Crippen molar-refractivity contribution in [3.63, 3.8) is 0 Å². The quantitative estimate of drug-likeness (QED) is 0.621. The molecule has 1 saturated carbocycles. The van der Waals surface area contributed by atoms with Gasteiger partial charge in [0.1, 0.15) is 0 Å². The molecular weight excluding hydrogens is 370 g/mol. The van der Waals surface area contributed by atoms with Crippen LogP contribution in [-0.2, 0) is 28.2 Å². The Morgan fingerprint density at radius 1 is 1.33 bits per heavy atom. The minimum Gasteiger partial charge on any atom is -0.381 e. The Labute approximate surface area is 158 Å². The van der Waals surface area contributed by atoms with Gasteiger partial charge in [-0.1, -0.05) is 5.16 Å². The van der Waals surface area contributed by atoms with E-state index in [4.69, 9.17) is 9.26 Å². The highest BCUT2D eigenvalue weighted by Gasteiger charge is 2.34. The number of hydrogen-bond donors (Lipinski definition) is 0. The summed E-state index contributed by atoms with van der Waals surface area (Å²) in [4.78, 5) is 8.45. The lowest BCUT2D eigenvalue weighted by molar-refractivity contribution is 0.125. The lowest BCUT2D eigenvalue weighted by Crippen LogP contribution is -2.39. The second kappa shape index (κ2) is 7.69. The van der Waals surface area contributed by atoms with Crippen LogP contribution in [0.2, 0.25) is 0 Å². The summed E-state index contributed by atoms with van der Waals surface area (Å²) in [5, 5.41) is 4.10. The minimum absolute atomic E-state index is 0.0738. The zero-order valence-corrected chi connectivity index (χ0v) is 16.3. The van der Waals surface area contributed by atoms with Crippen molar-refractivity contribution in [1.82, 2.24) is 24.0 Å². The third-order valence-electron chi connectivity index (χ3n) is 5.02. The SMILES string of the molecule is Cn1cnc(S(=O)(=O)N2CCCC(c3nc(CCOCC4CC4)no3)C2)c1. The number of nitrogens with zero attached hydrogens (tertiary/aromatic N) is 5. The van der Waals surface area contributed by atoms with Crippen molar-refractivity contribution in [1.29, 1.82) is 0 Å². The lowest BCUT2D eigenvalue weighted by Gasteiger charge is -2.29. The molecule has 1 aliphatic carbocycles. The predicted octanol–water partition coefficient (Wildman–Crippen LogP) is 1.34. The summed E-state index contributed by atoms with van der Waals surface area (Å²) >= 11 is 0. The van der Waals surface area contributed by atoms with Crippen LogP contribution in [0, 0.1) is 5.92 Å². The third-order valence-corrected chi connectivity index (χ3v) is 6.77. The summed E-state index contributed by atoms with van der Waals surface area (Å²) in [5.41, 5.74) is 0. The van der Waals surface area contributed by atoms with E-state index in [1.807, 2.05) is 0 Å². The molecule has 0 bridgehead atoms. The zero-order valence-electron chi connectivity index (χ0n) is 15.5. The first-order chi connectivity index (χ1) is 13.0. The number of rotatable bonds is 8. The number of aryl methyl sites for hydroxylation is 1. The van der Waals surface area contributed by atoms with Crippen LogP contribution in [0.15, 0.2) is 22.1 Å². The van der Waals surface area contributed by atoms with Gasteiger partial charge < -0.3 is 13.8 Å². The van der Waals surface area contributed by atoms with E-state index in [-0.39, 0.29) is 10.9 Å². The molecule has 1 saturated heterocycles. The Kier molecular flexibility index (Phi) is 5.29. The summed E-state index contributed by atoms with van der Waals surface area (Å²) < 4.78 is 39.7. The van der Waals surface area contributed by atoms with Gasteiger partial charge in [-0.15, -0.1) is 0 Å². The molecule has 1 aliphatic heterocycles. The molecule has 2 aromatic rings. The number of hydrogen-bond acceptors (Lipinski definition) is 7. The maximum absolute atomic E-state index is 12.8. The van der Waals surface area contributed by atoms with Crippen molar-refractivity contribution in [2.24, 2.45) is 13.0 Å². The molecule has 2 aliphatic rings. The number of aromatic nitrogens is 4. The van der Waals surface area contributed by atoms with E-state index in [0.717, 1.165) is 25.4 Å². The van der Waals surface area contributed by atoms with Crippen LogP contribution in [0.25, 0.3) is 0 Å². The molecule has 2 fully saturated rings. The molecule has 3 heterocycles. The van der Waals surface area contributed by atoms with Gasteiger partial charge in [-0.25, -0.2) is 13.4 Å². The Balaban J connectivity index is 1.36. The number of piperidine rings is 1. The van der Waals surface area contributed by atoms with Gasteiger partial charge >= 0.3 is 0 Å². The fraction of sp³-hybridized carbons (Fsp3) is 0.706. The summed E-state index contributed by atoms with van der Waals surface area (Å²) in [6, 6.07) is 0.